The number of hydrogen-bond acceptors (Lipinski definition) is 2. The van der Waals surface area contributed by atoms with Crippen LogP contribution in [0.2, 0.25) is 0 Å². The maximum atomic E-state index is 12.1. The first kappa shape index (κ1) is 15.9. The fourth-order valence-corrected chi connectivity index (χ4v) is 2.55. The van der Waals surface area contributed by atoms with Gasteiger partial charge in [0, 0.05) is 19.8 Å². The van der Waals surface area contributed by atoms with Crippen molar-refractivity contribution in [2.24, 2.45) is 0 Å². The molecule has 2 N–H and O–H groups in total. The van der Waals surface area contributed by atoms with Gasteiger partial charge in [-0.3, -0.25) is 15.0 Å². The monoisotopic (exact) mass is 319 g/mol. The van der Waals surface area contributed by atoms with Crippen molar-refractivity contribution in [1.82, 2.24) is 10.2 Å². The molecule has 2 aromatic carbocycles. The second-order valence-electron chi connectivity index (χ2n) is 5.93. The molecule has 0 aliphatic carbocycles. The number of rotatable bonds is 4. The minimum Gasteiger partial charge on any atom is -0.378 e. The Balaban J connectivity index is 1.96. The quantitative estimate of drug-likeness (QED) is 0.768. The molecule has 4 heteroatoms. The number of aromatic nitrogens is 2. The maximum absolute atomic E-state index is 12.1. The van der Waals surface area contributed by atoms with Crippen LogP contribution in [0.15, 0.2) is 59.4 Å². The maximum Gasteiger partial charge on any atom is 0.271 e. The van der Waals surface area contributed by atoms with Crippen LogP contribution in [0.3, 0.4) is 0 Å². The summed E-state index contributed by atoms with van der Waals surface area (Å²) in [6, 6.07) is 18.3. The molecule has 122 valence electrons. The second-order valence-corrected chi connectivity index (χ2v) is 5.93. The van der Waals surface area contributed by atoms with Crippen molar-refractivity contribution in [2.75, 3.05) is 19.0 Å². The van der Waals surface area contributed by atoms with Crippen LogP contribution in [-0.4, -0.2) is 24.3 Å². The molecule has 0 amide bonds. The molecule has 0 fully saturated rings. The van der Waals surface area contributed by atoms with Crippen molar-refractivity contribution >= 4 is 17.8 Å². The Kier molecular flexibility index (Phi) is 4.66. The summed E-state index contributed by atoms with van der Waals surface area (Å²) in [5, 5.41) is 7.11. The molecule has 0 bridgehead atoms. The third kappa shape index (κ3) is 3.66. The Labute approximate surface area is 140 Å². The van der Waals surface area contributed by atoms with E-state index in [0.29, 0.717) is 5.22 Å². The van der Waals surface area contributed by atoms with Crippen LogP contribution in [0, 0.1) is 0 Å². The van der Waals surface area contributed by atoms with Gasteiger partial charge in [0.15, 0.2) is 0 Å². The highest BCUT2D eigenvalue weighted by molar-refractivity contribution is 5.55. The molecule has 0 aliphatic heterocycles. The fourth-order valence-electron chi connectivity index (χ4n) is 2.55. The summed E-state index contributed by atoms with van der Waals surface area (Å²) in [7, 11) is 4.01. The molecule has 0 spiro atoms. The van der Waals surface area contributed by atoms with E-state index in [1.54, 1.807) is 0 Å². The van der Waals surface area contributed by atoms with Crippen molar-refractivity contribution in [3.8, 4) is 0 Å². The molecular weight excluding hydrogens is 298 g/mol. The van der Waals surface area contributed by atoms with Gasteiger partial charge in [0.2, 0.25) is 0 Å². The average Bonchev–Trinajstić information content (AvgIpc) is 2.94. The van der Waals surface area contributed by atoms with Crippen LogP contribution in [-0.2, 0) is 6.42 Å². The molecule has 1 heterocycles. The average molecular weight is 319 g/mol. The number of benzene rings is 2. The van der Waals surface area contributed by atoms with E-state index in [9.17, 15) is 4.79 Å². The van der Waals surface area contributed by atoms with E-state index in [-0.39, 0.29) is 5.56 Å². The van der Waals surface area contributed by atoms with Gasteiger partial charge in [-0.05, 0) is 35.8 Å². The van der Waals surface area contributed by atoms with Gasteiger partial charge in [-0.25, -0.2) is 0 Å². The van der Waals surface area contributed by atoms with E-state index in [1.165, 1.54) is 5.56 Å². The number of anilines is 1. The Morgan fingerprint density at radius 2 is 1.67 bits per heavy atom. The lowest BCUT2D eigenvalue weighted by Gasteiger charge is -2.11. The molecule has 0 atom stereocenters. The highest BCUT2D eigenvalue weighted by Gasteiger charge is 1.98. The van der Waals surface area contributed by atoms with Gasteiger partial charge in [-0.1, -0.05) is 48.5 Å². The van der Waals surface area contributed by atoms with Gasteiger partial charge < -0.3 is 4.90 Å². The lowest BCUT2D eigenvalue weighted by atomic mass is 10.1. The summed E-state index contributed by atoms with van der Waals surface area (Å²) < 4.78 is 0. The van der Waals surface area contributed by atoms with Gasteiger partial charge >= 0.3 is 0 Å². The zero-order valence-electron chi connectivity index (χ0n) is 13.9. The van der Waals surface area contributed by atoms with Gasteiger partial charge in [-0.15, -0.1) is 0 Å². The first-order chi connectivity index (χ1) is 11.6. The Hall–Kier alpha value is -3.01. The molecule has 0 aliphatic rings. The first-order valence-corrected chi connectivity index (χ1v) is 7.93. The van der Waals surface area contributed by atoms with Crippen molar-refractivity contribution in [2.45, 2.75) is 6.42 Å². The van der Waals surface area contributed by atoms with Gasteiger partial charge in [0.1, 0.15) is 0 Å². The number of aromatic amines is 2. The Bertz CT molecular complexity index is 964. The summed E-state index contributed by atoms with van der Waals surface area (Å²) in [5.41, 5.74) is 3.23. The summed E-state index contributed by atoms with van der Waals surface area (Å²) in [6.45, 7) is 0. The molecule has 0 unspecified atom stereocenters. The van der Waals surface area contributed by atoms with Gasteiger partial charge in [-0.2, -0.15) is 0 Å². The van der Waals surface area contributed by atoms with Crippen molar-refractivity contribution in [1.29, 1.82) is 0 Å². The minimum atomic E-state index is -0.106. The van der Waals surface area contributed by atoms with E-state index in [2.05, 4.69) is 22.3 Å². The van der Waals surface area contributed by atoms with Crippen LogP contribution >= 0.6 is 0 Å². The van der Waals surface area contributed by atoms with Gasteiger partial charge in [0.25, 0.3) is 5.56 Å². The van der Waals surface area contributed by atoms with E-state index < -0.39 is 0 Å². The van der Waals surface area contributed by atoms with Gasteiger partial charge in [0.05, 0.1) is 10.6 Å². The molecule has 1 aromatic heterocycles. The Morgan fingerprint density at radius 3 is 2.33 bits per heavy atom. The highest BCUT2D eigenvalue weighted by Crippen LogP contribution is 2.12. The molecule has 24 heavy (non-hydrogen) atoms. The molecule has 3 aromatic rings. The molecular formula is C20H21N3O. The summed E-state index contributed by atoms with van der Waals surface area (Å²) in [4.78, 5) is 14.1. The predicted octanol–water partition coefficient (Wildman–Crippen LogP) is 1.62. The third-order valence-electron chi connectivity index (χ3n) is 3.95. The lowest BCUT2D eigenvalue weighted by Crippen LogP contribution is -2.33. The van der Waals surface area contributed by atoms with E-state index in [1.807, 2.05) is 73.6 Å². The van der Waals surface area contributed by atoms with E-state index in [4.69, 9.17) is 0 Å². The number of nitrogens with zero attached hydrogens (tertiary/aromatic N) is 1. The standard InChI is InChI=1S/C20H21N3O/c1-23(2)17-11-8-16(9-12-17)14-18-19(21-22-20(18)24)13-10-15-6-4-3-5-7-15/h3-9,11-14,21H,10H2,1-2H3,(H,22,24). The number of nitrogens with one attached hydrogen (secondary N) is 2. The second kappa shape index (κ2) is 7.04. The lowest BCUT2D eigenvalue weighted by molar-refractivity contribution is 1.03. The highest BCUT2D eigenvalue weighted by atomic mass is 16.1. The van der Waals surface area contributed by atoms with Crippen molar-refractivity contribution in [3.63, 3.8) is 0 Å². The molecule has 0 saturated carbocycles. The number of H-pyrrole nitrogens is 2. The summed E-state index contributed by atoms with van der Waals surface area (Å²) in [6.07, 6.45) is 4.72. The van der Waals surface area contributed by atoms with Crippen LogP contribution < -0.4 is 21.0 Å². The van der Waals surface area contributed by atoms with Crippen molar-refractivity contribution in [3.05, 3.63) is 86.6 Å². The molecule has 4 nitrogen and oxygen atoms in total. The van der Waals surface area contributed by atoms with E-state index >= 15 is 0 Å². The minimum absolute atomic E-state index is 0.106. The first-order valence-electron chi connectivity index (χ1n) is 7.93. The molecule has 3 rings (SSSR count). The largest absolute Gasteiger partial charge is 0.378 e. The fraction of sp³-hybridized carbons (Fsp3) is 0.150. The summed E-state index contributed by atoms with van der Waals surface area (Å²) >= 11 is 0. The van der Waals surface area contributed by atoms with E-state index in [0.717, 1.165) is 23.0 Å². The third-order valence-corrected chi connectivity index (χ3v) is 3.95. The van der Waals surface area contributed by atoms with Crippen LogP contribution in [0.1, 0.15) is 11.1 Å². The zero-order valence-corrected chi connectivity index (χ0v) is 13.9. The molecule has 0 saturated heterocycles. The van der Waals surface area contributed by atoms with Crippen LogP contribution in [0.4, 0.5) is 5.69 Å². The summed E-state index contributed by atoms with van der Waals surface area (Å²) in [5.74, 6) is 0. The predicted molar refractivity (Wildman–Crippen MR) is 99.6 cm³/mol. The molecule has 0 radical (unpaired) electrons. The Morgan fingerprint density at radius 1 is 0.958 bits per heavy atom. The smallest absolute Gasteiger partial charge is 0.271 e. The van der Waals surface area contributed by atoms with Crippen LogP contribution in [0.25, 0.3) is 12.2 Å². The normalized spacial score (nSPS) is 12.6. The number of hydrogen-bond donors (Lipinski definition) is 2. The SMILES string of the molecule is CN(C)c1ccc(C=c2c(=O)[nH][nH]c2=CCc2ccccc2)cc1. The van der Waals surface area contributed by atoms with Crippen molar-refractivity contribution < 1.29 is 0 Å². The zero-order chi connectivity index (χ0) is 16.9. The topological polar surface area (TPSA) is 51.9 Å². The van der Waals surface area contributed by atoms with Crippen LogP contribution in [0.5, 0.6) is 0 Å².